The van der Waals surface area contributed by atoms with Gasteiger partial charge in [-0.25, -0.2) is 0 Å². The molecule has 33 heavy (non-hydrogen) atoms. The molecule has 0 aromatic rings. The van der Waals surface area contributed by atoms with E-state index in [4.69, 9.17) is 9.47 Å². The van der Waals surface area contributed by atoms with E-state index in [2.05, 4.69) is 27.7 Å². The van der Waals surface area contributed by atoms with Crippen LogP contribution in [0.2, 0.25) is 0 Å². The summed E-state index contributed by atoms with van der Waals surface area (Å²) in [6.07, 6.45) is 9.97. The van der Waals surface area contributed by atoms with Crippen LogP contribution in [-0.4, -0.2) is 52.6 Å². The second-order valence-electron chi connectivity index (χ2n) is 13.3. The molecule has 5 aliphatic rings. The summed E-state index contributed by atoms with van der Waals surface area (Å²) in [5.41, 5.74) is -0.687. The van der Waals surface area contributed by atoms with Gasteiger partial charge in [-0.2, -0.15) is 0 Å². The van der Waals surface area contributed by atoms with Crippen LogP contribution in [0.4, 0.5) is 0 Å². The molecule has 4 aliphatic carbocycles. The zero-order valence-corrected chi connectivity index (χ0v) is 21.6. The van der Waals surface area contributed by atoms with Crippen LogP contribution in [0, 0.1) is 46.3 Å². The number of hydrogen-bond acceptors (Lipinski definition) is 5. The molecule has 0 bridgehead atoms. The maximum atomic E-state index is 12.5. The molecule has 3 N–H and O–H groups in total. The molecule has 5 fully saturated rings. The van der Waals surface area contributed by atoms with Gasteiger partial charge in [0, 0.05) is 31.5 Å². The molecule has 190 valence electrons. The molecular formula is C28H48O5. The molecule has 5 heteroatoms. The fourth-order valence-corrected chi connectivity index (χ4v) is 10.00. The molecule has 0 spiro atoms. The van der Waals surface area contributed by atoms with E-state index >= 15 is 0 Å². The second-order valence-corrected chi connectivity index (χ2v) is 13.3. The van der Waals surface area contributed by atoms with Crippen molar-refractivity contribution in [3.63, 3.8) is 0 Å². The first-order valence-electron chi connectivity index (χ1n) is 13.8. The normalized spacial score (nSPS) is 56.5. The highest BCUT2D eigenvalue weighted by molar-refractivity contribution is 5.23. The molecular weight excluding hydrogens is 416 g/mol. The lowest BCUT2D eigenvalue weighted by Gasteiger charge is -2.62. The van der Waals surface area contributed by atoms with Crippen LogP contribution in [0.25, 0.3) is 0 Å². The van der Waals surface area contributed by atoms with Gasteiger partial charge in [-0.15, -0.1) is 0 Å². The van der Waals surface area contributed by atoms with E-state index in [0.29, 0.717) is 35.5 Å². The van der Waals surface area contributed by atoms with Gasteiger partial charge in [0.15, 0.2) is 5.79 Å². The molecule has 5 rings (SSSR count). The zero-order valence-electron chi connectivity index (χ0n) is 21.6. The van der Waals surface area contributed by atoms with Crippen LogP contribution in [-0.2, 0) is 9.47 Å². The Balaban J connectivity index is 1.41. The minimum atomic E-state index is -0.873. The third-order valence-corrected chi connectivity index (χ3v) is 12.2. The van der Waals surface area contributed by atoms with Gasteiger partial charge in [-0.3, -0.25) is 0 Å². The van der Waals surface area contributed by atoms with Gasteiger partial charge in [0.1, 0.15) is 5.60 Å². The van der Waals surface area contributed by atoms with Gasteiger partial charge in [0.05, 0.1) is 12.2 Å². The molecule has 4 saturated carbocycles. The Morgan fingerprint density at radius 3 is 2.52 bits per heavy atom. The number of aliphatic hydroxyl groups excluding tert-OH is 2. The van der Waals surface area contributed by atoms with Crippen molar-refractivity contribution >= 4 is 0 Å². The van der Waals surface area contributed by atoms with Crippen LogP contribution in [0.3, 0.4) is 0 Å². The van der Waals surface area contributed by atoms with Gasteiger partial charge in [0.2, 0.25) is 0 Å². The molecule has 0 aromatic heterocycles. The Bertz CT molecular complexity index is 744. The van der Waals surface area contributed by atoms with Crippen LogP contribution < -0.4 is 0 Å². The fourth-order valence-electron chi connectivity index (χ4n) is 10.00. The van der Waals surface area contributed by atoms with E-state index in [-0.39, 0.29) is 36.1 Å². The van der Waals surface area contributed by atoms with E-state index in [0.717, 1.165) is 38.5 Å². The molecule has 0 amide bonds. The molecule has 0 radical (unpaired) electrons. The number of rotatable bonds is 5. The Kier molecular flexibility index (Phi) is 6.06. The molecule has 0 aromatic carbocycles. The Morgan fingerprint density at radius 2 is 1.82 bits per heavy atom. The summed E-state index contributed by atoms with van der Waals surface area (Å²) in [4.78, 5) is 0. The van der Waals surface area contributed by atoms with E-state index in [1.807, 2.05) is 0 Å². The summed E-state index contributed by atoms with van der Waals surface area (Å²) < 4.78 is 12.8. The Morgan fingerprint density at radius 1 is 1.06 bits per heavy atom. The fraction of sp³-hybridized carbons (Fsp3) is 1.00. The highest BCUT2D eigenvalue weighted by Crippen LogP contribution is 2.72. The summed E-state index contributed by atoms with van der Waals surface area (Å²) >= 11 is 0. The number of ether oxygens (including phenoxy) is 2. The lowest BCUT2D eigenvalue weighted by Crippen LogP contribution is -2.60. The summed E-state index contributed by atoms with van der Waals surface area (Å²) in [6, 6.07) is 0. The van der Waals surface area contributed by atoms with E-state index in [1.165, 1.54) is 19.3 Å². The second kappa shape index (κ2) is 8.16. The topological polar surface area (TPSA) is 79.2 Å². The van der Waals surface area contributed by atoms with Crippen molar-refractivity contribution in [1.82, 2.24) is 0 Å². The number of aliphatic hydroxyl groups is 3. The number of methoxy groups -OCH3 is 1. The van der Waals surface area contributed by atoms with Gasteiger partial charge in [0.25, 0.3) is 0 Å². The Hall–Kier alpha value is -0.200. The molecule has 5 nitrogen and oxygen atoms in total. The largest absolute Gasteiger partial charge is 0.396 e. The van der Waals surface area contributed by atoms with Crippen molar-refractivity contribution in [3.05, 3.63) is 0 Å². The third kappa shape index (κ3) is 3.21. The first-order chi connectivity index (χ1) is 15.6. The van der Waals surface area contributed by atoms with Gasteiger partial charge >= 0.3 is 0 Å². The summed E-state index contributed by atoms with van der Waals surface area (Å²) in [5, 5.41) is 32.3. The lowest BCUT2D eigenvalue weighted by atomic mass is 9.44. The molecule has 1 heterocycles. The summed E-state index contributed by atoms with van der Waals surface area (Å²) in [7, 11) is 1.72. The summed E-state index contributed by atoms with van der Waals surface area (Å²) in [6.45, 7) is 9.24. The van der Waals surface area contributed by atoms with Gasteiger partial charge < -0.3 is 24.8 Å². The molecule has 12 atom stereocenters. The van der Waals surface area contributed by atoms with Gasteiger partial charge in [-0.05, 0) is 92.8 Å². The molecule has 0 unspecified atom stereocenters. The molecule has 1 saturated heterocycles. The average molecular weight is 465 g/mol. The maximum Gasteiger partial charge on any atom is 0.173 e. The van der Waals surface area contributed by atoms with Crippen molar-refractivity contribution in [2.24, 2.45) is 46.3 Å². The monoisotopic (exact) mass is 464 g/mol. The van der Waals surface area contributed by atoms with Crippen molar-refractivity contribution in [1.29, 1.82) is 0 Å². The minimum Gasteiger partial charge on any atom is -0.396 e. The SMILES string of the molecule is CO[C@]1(CC[C@@H](C)CO)O[C@H]2C[C@H]3[C@@H]4CC[C@H]5C[C@@H](O)CC[C@]5(C)[C@H]4CC[C@]3(C)[C@@]2(O)[C@@H]1C. The average Bonchev–Trinajstić information content (AvgIpc) is 3.16. The van der Waals surface area contributed by atoms with Crippen LogP contribution in [0.5, 0.6) is 0 Å². The van der Waals surface area contributed by atoms with Gasteiger partial charge in [-0.1, -0.05) is 27.7 Å². The highest BCUT2D eigenvalue weighted by Gasteiger charge is 2.76. The minimum absolute atomic E-state index is 0.103. The predicted octanol–water partition coefficient (Wildman–Crippen LogP) is 4.52. The zero-order chi connectivity index (χ0) is 23.8. The van der Waals surface area contributed by atoms with Crippen molar-refractivity contribution in [2.45, 2.75) is 115 Å². The summed E-state index contributed by atoms with van der Waals surface area (Å²) in [5.74, 6) is 1.83. The smallest absolute Gasteiger partial charge is 0.173 e. The highest BCUT2D eigenvalue weighted by atomic mass is 16.7. The quantitative estimate of drug-likeness (QED) is 0.558. The van der Waals surface area contributed by atoms with Crippen LogP contribution in [0.1, 0.15) is 91.9 Å². The molecule has 1 aliphatic heterocycles. The Labute approximate surface area is 200 Å². The maximum absolute atomic E-state index is 12.5. The number of fused-ring (bicyclic) bond motifs is 7. The first kappa shape index (κ1) is 24.5. The van der Waals surface area contributed by atoms with E-state index in [9.17, 15) is 15.3 Å². The first-order valence-corrected chi connectivity index (χ1v) is 13.8. The predicted molar refractivity (Wildman–Crippen MR) is 127 cm³/mol. The lowest BCUT2D eigenvalue weighted by molar-refractivity contribution is -0.242. The van der Waals surface area contributed by atoms with Crippen molar-refractivity contribution < 1.29 is 24.8 Å². The van der Waals surface area contributed by atoms with Crippen LogP contribution in [0.15, 0.2) is 0 Å². The van der Waals surface area contributed by atoms with E-state index in [1.54, 1.807) is 7.11 Å². The van der Waals surface area contributed by atoms with Crippen molar-refractivity contribution in [2.75, 3.05) is 13.7 Å². The van der Waals surface area contributed by atoms with Crippen molar-refractivity contribution in [3.8, 4) is 0 Å². The standard InChI is InChI=1S/C28H48O5/c1-17(16-29)8-13-27(32-5)18(2)28(31)24(33-27)15-23-21-7-6-19-14-20(30)9-11-25(19,3)22(21)10-12-26(23,28)4/h17-24,29-31H,6-16H2,1-5H3/t17-,18-,19+,20+,21-,22+,23+,24+,25+,26+,27-,28-/m1/s1. The van der Waals surface area contributed by atoms with Crippen LogP contribution >= 0.6 is 0 Å². The number of hydrogen-bond donors (Lipinski definition) is 3. The third-order valence-electron chi connectivity index (χ3n) is 12.2. The van der Waals surface area contributed by atoms with E-state index < -0.39 is 11.4 Å².